The molecule has 1 amide bonds. The van der Waals surface area contributed by atoms with Crippen LogP contribution >= 0.6 is 0 Å². The van der Waals surface area contributed by atoms with Crippen LogP contribution < -0.4 is 20.4 Å². The number of nitrogens with zero attached hydrogens (tertiary/aromatic N) is 2. The molecular weight excluding hydrogens is 626 g/mol. The summed E-state index contributed by atoms with van der Waals surface area (Å²) in [5.41, 5.74) is 2.45. The van der Waals surface area contributed by atoms with Gasteiger partial charge in [-0.2, -0.15) is 0 Å². The topological polar surface area (TPSA) is 204 Å². The second-order valence-corrected chi connectivity index (χ2v) is 13.6. The van der Waals surface area contributed by atoms with Crippen LogP contribution in [0.1, 0.15) is 43.4 Å². The Hall–Kier alpha value is -3.63. The number of amides is 1. The molecule has 2 aromatic rings. The molecule has 2 fully saturated rings. The molecule has 1 saturated carbocycles. The Morgan fingerprint density at radius 1 is 1.12 bits per heavy atom. The van der Waals surface area contributed by atoms with Crippen LogP contribution in [-0.2, 0) is 21.0 Å². The van der Waals surface area contributed by atoms with Crippen molar-refractivity contribution in [2.45, 2.75) is 81.6 Å². The number of carbonyl (C=O) groups is 1. The zero-order valence-electron chi connectivity index (χ0n) is 26.6. The van der Waals surface area contributed by atoms with Crippen LogP contribution in [0.5, 0.6) is 5.75 Å². The van der Waals surface area contributed by atoms with E-state index in [0.29, 0.717) is 66.1 Å². The fraction of sp³-hybridized carbons (Fsp3) is 0.559. The molecule has 14 heteroatoms. The Balaban J connectivity index is 1.25. The maximum Gasteiger partial charge on any atom is 0.220 e. The molecule has 7 rings (SSSR count). The molecule has 4 aliphatic heterocycles. The van der Waals surface area contributed by atoms with Crippen molar-refractivity contribution in [3.8, 4) is 5.75 Å². The molecule has 1 aromatic heterocycles. The first-order chi connectivity index (χ1) is 23.1. The van der Waals surface area contributed by atoms with Crippen LogP contribution in [0.15, 0.2) is 49.9 Å². The van der Waals surface area contributed by atoms with Crippen molar-refractivity contribution < 1.29 is 49.3 Å². The second-order valence-electron chi connectivity index (χ2n) is 13.6. The molecule has 0 radical (unpaired) electrons. The molecule has 1 saturated heterocycles. The Bertz CT molecular complexity index is 1740. The van der Waals surface area contributed by atoms with Gasteiger partial charge in [-0.05, 0) is 56.6 Å². The predicted molar refractivity (Wildman–Crippen MR) is 171 cm³/mol. The van der Waals surface area contributed by atoms with Crippen molar-refractivity contribution in [2.75, 3.05) is 31.2 Å². The first-order valence-electron chi connectivity index (χ1n) is 16.5. The van der Waals surface area contributed by atoms with E-state index in [1.807, 2.05) is 17.2 Å². The monoisotopic (exact) mass is 667 g/mol. The van der Waals surface area contributed by atoms with Gasteiger partial charge < -0.3 is 44.9 Å². The number of hydrogen-bond donors (Lipinski definition) is 6. The molecule has 1 spiro atoms. The van der Waals surface area contributed by atoms with E-state index < -0.39 is 49.3 Å². The van der Waals surface area contributed by atoms with Crippen LogP contribution in [0.3, 0.4) is 0 Å². The lowest BCUT2D eigenvalue weighted by molar-refractivity contribution is -0.364. The van der Waals surface area contributed by atoms with Crippen molar-refractivity contribution in [1.29, 1.82) is 0 Å². The number of fused-ring (bicyclic) bond motifs is 3. The van der Waals surface area contributed by atoms with Crippen molar-refractivity contribution in [3.05, 3.63) is 57.2 Å². The number of hydrogen-bond acceptors (Lipinski definition) is 13. The van der Waals surface area contributed by atoms with Crippen LogP contribution in [-0.4, -0.2) is 100 Å². The van der Waals surface area contributed by atoms with Gasteiger partial charge in [0, 0.05) is 49.0 Å². The summed E-state index contributed by atoms with van der Waals surface area (Å²) in [6.07, 6.45) is 1.54. The summed E-state index contributed by atoms with van der Waals surface area (Å²) in [7, 11) is 0. The minimum absolute atomic E-state index is 0.0236. The van der Waals surface area contributed by atoms with Gasteiger partial charge in [0.05, 0.1) is 24.2 Å². The maximum atomic E-state index is 13.3. The van der Waals surface area contributed by atoms with Gasteiger partial charge in [-0.25, -0.2) is 9.78 Å². The first kappa shape index (κ1) is 32.9. The normalized spacial score (nSPS) is 28.8. The number of anilines is 1. The lowest BCUT2D eigenvalue weighted by Crippen LogP contribution is -2.56. The fourth-order valence-electron chi connectivity index (χ4n) is 7.79. The Kier molecular flexibility index (Phi) is 8.91. The van der Waals surface area contributed by atoms with E-state index in [1.54, 1.807) is 19.2 Å². The van der Waals surface area contributed by atoms with Gasteiger partial charge in [0.1, 0.15) is 54.2 Å². The van der Waals surface area contributed by atoms with E-state index >= 15 is 0 Å². The molecule has 1 aromatic carbocycles. The van der Waals surface area contributed by atoms with Crippen molar-refractivity contribution >= 4 is 28.8 Å². The number of aliphatic imine (C=N–C) groups is 1. The van der Waals surface area contributed by atoms with E-state index in [-0.39, 0.29) is 29.6 Å². The van der Waals surface area contributed by atoms with E-state index in [4.69, 9.17) is 24.0 Å². The number of aliphatic hydroxyl groups is 5. The Labute approximate surface area is 275 Å². The number of ether oxygens (including phenoxy) is 1. The largest absolute Gasteiger partial charge is 0.482 e. The van der Waals surface area contributed by atoms with Crippen LogP contribution in [0.25, 0.3) is 11.0 Å². The van der Waals surface area contributed by atoms with Crippen molar-refractivity contribution in [2.24, 2.45) is 16.8 Å². The minimum atomic E-state index is -1.82. The summed E-state index contributed by atoms with van der Waals surface area (Å²) in [5.74, 6) is 1.32. The number of aliphatic hydroxyl groups excluding tert-OH is 5. The molecule has 8 unspecified atom stereocenters. The lowest BCUT2D eigenvalue weighted by Gasteiger charge is -2.49. The minimum Gasteiger partial charge on any atom is -0.482 e. The first-order valence-corrected chi connectivity index (χ1v) is 16.5. The summed E-state index contributed by atoms with van der Waals surface area (Å²) < 4.78 is 13.4. The van der Waals surface area contributed by atoms with Gasteiger partial charge in [-0.15, -0.1) is 0 Å². The Morgan fingerprint density at radius 3 is 2.69 bits per heavy atom. The average molecular weight is 668 g/mol. The third-order valence-corrected chi connectivity index (χ3v) is 10.4. The summed E-state index contributed by atoms with van der Waals surface area (Å²) >= 11 is 0. The van der Waals surface area contributed by atoms with E-state index in [1.165, 1.54) is 6.07 Å². The highest BCUT2D eigenvalue weighted by Gasteiger charge is 2.52. The molecule has 1 aliphatic carbocycles. The second kappa shape index (κ2) is 13.0. The predicted octanol–water partition coefficient (Wildman–Crippen LogP) is 0.526. The third kappa shape index (κ3) is 5.95. The summed E-state index contributed by atoms with van der Waals surface area (Å²) in [4.78, 5) is 43.5. The SMILES string of the molecule is Cc1cc(=O)c2cc3c(c(N4C=C5N=CC=C5C4)c2o1)OC1(CCCC(C2CNC(=O)C2)C1)C(OOCC(O)C(O)C(O)C(O)CO)C3. The Morgan fingerprint density at radius 2 is 1.94 bits per heavy atom. The number of rotatable bonds is 10. The number of benzene rings is 1. The maximum absolute atomic E-state index is 13.3. The number of aryl methyl sites for hydroxylation is 1. The number of nitrogens with one attached hydrogen (secondary N) is 1. The molecule has 258 valence electrons. The number of allylic oxidation sites excluding steroid dienone is 1. The molecule has 5 aliphatic rings. The lowest BCUT2D eigenvalue weighted by atomic mass is 9.68. The highest BCUT2D eigenvalue weighted by atomic mass is 17.2. The number of carbonyl (C=O) groups excluding carboxylic acids is 1. The molecule has 48 heavy (non-hydrogen) atoms. The summed E-state index contributed by atoms with van der Waals surface area (Å²) in [6, 6.07) is 3.21. The molecule has 14 nitrogen and oxygen atoms in total. The van der Waals surface area contributed by atoms with Gasteiger partial charge in [0.25, 0.3) is 0 Å². The van der Waals surface area contributed by atoms with Crippen molar-refractivity contribution in [3.63, 3.8) is 0 Å². The molecule has 5 heterocycles. The molecule has 6 N–H and O–H groups in total. The van der Waals surface area contributed by atoms with Gasteiger partial charge in [-0.3, -0.25) is 14.6 Å². The zero-order valence-corrected chi connectivity index (χ0v) is 26.6. The molecule has 0 bridgehead atoms. The smallest absolute Gasteiger partial charge is 0.220 e. The van der Waals surface area contributed by atoms with Crippen LogP contribution in [0.2, 0.25) is 0 Å². The highest BCUT2D eigenvalue weighted by Crippen LogP contribution is 2.52. The molecule has 8 atom stereocenters. The van der Waals surface area contributed by atoms with Gasteiger partial charge in [0.2, 0.25) is 5.91 Å². The van der Waals surface area contributed by atoms with Crippen LogP contribution in [0, 0.1) is 18.8 Å². The van der Waals surface area contributed by atoms with E-state index in [0.717, 1.165) is 24.1 Å². The summed E-state index contributed by atoms with van der Waals surface area (Å²) in [5, 5.41) is 52.9. The third-order valence-electron chi connectivity index (χ3n) is 10.4. The summed E-state index contributed by atoms with van der Waals surface area (Å²) in [6.45, 7) is 1.47. The molecular formula is C34H41N3O11. The van der Waals surface area contributed by atoms with Gasteiger partial charge in [0.15, 0.2) is 16.8 Å². The van der Waals surface area contributed by atoms with E-state index in [9.17, 15) is 30.0 Å². The van der Waals surface area contributed by atoms with Crippen LogP contribution in [0.4, 0.5) is 5.69 Å². The zero-order chi connectivity index (χ0) is 33.7. The average Bonchev–Trinajstić information content (AvgIpc) is 3.80. The fourth-order valence-corrected chi connectivity index (χ4v) is 7.79. The van der Waals surface area contributed by atoms with Crippen molar-refractivity contribution in [1.82, 2.24) is 5.32 Å². The highest BCUT2D eigenvalue weighted by molar-refractivity contribution is 5.96. The van der Waals surface area contributed by atoms with E-state index in [2.05, 4.69) is 10.3 Å². The van der Waals surface area contributed by atoms with Gasteiger partial charge >= 0.3 is 0 Å². The van der Waals surface area contributed by atoms with Gasteiger partial charge in [-0.1, -0.05) is 0 Å². The quantitative estimate of drug-likeness (QED) is 0.152. The standard InChI is InChI=1S/C34H41N3O11/c1-17-7-24(39)22-8-20-9-27(48-45-16-26(41)31(44)30(43)25(40)15-38)34(5-2-3-18(11-34)21-10-28(42)36-12-21)47-32(20)29(33(22)46-17)37-13-19-4-6-35-23(19)14-37/h4,6-8,14,18,21,25-27,30-31,38,40-41,43-44H,2-3,5,9-13,15-16H2,1H3,(H,36,42).